The maximum absolute atomic E-state index is 14.6. The Hall–Kier alpha value is -3.40. The summed E-state index contributed by atoms with van der Waals surface area (Å²) in [5.74, 6) is -1.68. The third kappa shape index (κ3) is 4.77. The van der Waals surface area contributed by atoms with Gasteiger partial charge in [0.25, 0.3) is 5.82 Å². The molecule has 176 valence electrons. The predicted octanol–water partition coefficient (Wildman–Crippen LogP) is 4.72. The van der Waals surface area contributed by atoms with E-state index in [0.29, 0.717) is 28.2 Å². The van der Waals surface area contributed by atoms with E-state index in [4.69, 9.17) is 9.57 Å². The zero-order valence-corrected chi connectivity index (χ0v) is 20.1. The highest BCUT2D eigenvalue weighted by molar-refractivity contribution is 9.10. The lowest BCUT2D eigenvalue weighted by molar-refractivity contribution is -0.671. The van der Waals surface area contributed by atoms with Crippen LogP contribution in [0, 0.1) is 31.3 Å². The van der Waals surface area contributed by atoms with Crippen LogP contribution in [0.1, 0.15) is 29.6 Å². The number of aromatic nitrogens is 3. The lowest BCUT2D eigenvalue weighted by atomic mass is 10.2. The second-order valence-corrected chi connectivity index (χ2v) is 8.65. The topological polar surface area (TPSA) is 57.2 Å². The van der Waals surface area contributed by atoms with E-state index >= 15 is 0 Å². The number of hydrogen-bond donors (Lipinski definition) is 0. The van der Waals surface area contributed by atoms with Gasteiger partial charge in [-0.2, -0.15) is 0 Å². The molecule has 2 aromatic carbocycles. The molecular weight excluding hydrogens is 515 g/mol. The van der Waals surface area contributed by atoms with Crippen LogP contribution in [0.3, 0.4) is 0 Å². The fourth-order valence-corrected chi connectivity index (χ4v) is 3.99. The second kappa shape index (κ2) is 9.46. The molecule has 0 saturated carbocycles. The lowest BCUT2D eigenvalue weighted by Gasteiger charge is -2.07. The molecule has 34 heavy (non-hydrogen) atoms. The Morgan fingerprint density at radius 3 is 2.44 bits per heavy atom. The maximum atomic E-state index is 14.6. The summed E-state index contributed by atoms with van der Waals surface area (Å²) < 4.78 is 52.1. The summed E-state index contributed by atoms with van der Waals surface area (Å²) in [4.78, 5) is 21.0. The van der Waals surface area contributed by atoms with Gasteiger partial charge in [-0.05, 0) is 47.5 Å². The van der Waals surface area contributed by atoms with E-state index in [1.165, 1.54) is 29.9 Å². The molecule has 0 bridgehead atoms. The first-order chi connectivity index (χ1) is 16.1. The zero-order chi connectivity index (χ0) is 24.6. The van der Waals surface area contributed by atoms with Crippen molar-refractivity contribution in [3.05, 3.63) is 87.2 Å². The summed E-state index contributed by atoms with van der Waals surface area (Å²) >= 11 is 3.08. The highest BCUT2D eigenvalue weighted by atomic mass is 79.9. The number of aryl methyl sites for hydroxylation is 1. The second-order valence-electron chi connectivity index (χ2n) is 7.74. The molecule has 0 N–H and O–H groups in total. The molecule has 6 nitrogen and oxygen atoms in total. The first kappa shape index (κ1) is 23.7. The van der Waals surface area contributed by atoms with Gasteiger partial charge in [0, 0.05) is 30.6 Å². The Kier molecular flexibility index (Phi) is 6.60. The Labute approximate surface area is 201 Å². The number of pyridine rings is 1. The first-order valence-electron chi connectivity index (χ1n) is 10.2. The molecule has 0 spiro atoms. The molecule has 0 unspecified atom stereocenters. The normalized spacial score (nSPS) is 11.1. The van der Waals surface area contributed by atoms with E-state index in [-0.39, 0.29) is 28.9 Å². The van der Waals surface area contributed by atoms with Gasteiger partial charge in [-0.25, -0.2) is 22.5 Å². The van der Waals surface area contributed by atoms with Crippen LogP contribution >= 0.6 is 15.9 Å². The number of rotatable bonds is 6. The fourth-order valence-electron chi connectivity index (χ4n) is 3.58. The number of halogens is 4. The Balaban J connectivity index is 1.75. The van der Waals surface area contributed by atoms with E-state index in [1.807, 2.05) is 0 Å². The van der Waals surface area contributed by atoms with Crippen LogP contribution in [0.25, 0.3) is 11.0 Å². The number of imidazole rings is 1. The van der Waals surface area contributed by atoms with Gasteiger partial charge in [0.15, 0.2) is 5.52 Å². The van der Waals surface area contributed by atoms with Crippen LogP contribution in [-0.2, 0) is 17.9 Å². The van der Waals surface area contributed by atoms with Crippen LogP contribution in [0.5, 0.6) is 5.75 Å². The van der Waals surface area contributed by atoms with Gasteiger partial charge in [0.2, 0.25) is 5.52 Å². The van der Waals surface area contributed by atoms with Gasteiger partial charge in [0.05, 0.1) is 5.56 Å². The van der Waals surface area contributed by atoms with Crippen LogP contribution in [0.2, 0.25) is 0 Å². The number of ether oxygens (including phenoxy) is 1. The van der Waals surface area contributed by atoms with E-state index in [9.17, 15) is 18.0 Å². The van der Waals surface area contributed by atoms with Crippen LogP contribution < -0.4 is 14.1 Å². The molecule has 4 rings (SSSR count). The van der Waals surface area contributed by atoms with Gasteiger partial charge in [0.1, 0.15) is 42.0 Å². The number of benzene rings is 2. The minimum atomic E-state index is -0.722. The van der Waals surface area contributed by atoms with Gasteiger partial charge in [-0.15, -0.1) is 0 Å². The minimum absolute atomic E-state index is 0.114. The van der Waals surface area contributed by atoms with Crippen molar-refractivity contribution in [3.63, 3.8) is 0 Å². The summed E-state index contributed by atoms with van der Waals surface area (Å²) in [7, 11) is 0. The summed E-state index contributed by atoms with van der Waals surface area (Å²) in [6.45, 7) is 4.37. The third-order valence-electron chi connectivity index (χ3n) is 5.21. The molecule has 4 aromatic rings. The largest absolute Gasteiger partial charge is 0.487 e. The Morgan fingerprint density at radius 1 is 1.09 bits per heavy atom. The molecule has 0 radical (unpaired) electrons. The van der Waals surface area contributed by atoms with E-state index < -0.39 is 23.4 Å². The summed E-state index contributed by atoms with van der Waals surface area (Å²) in [6, 6.07) is 8.62. The van der Waals surface area contributed by atoms with Crippen molar-refractivity contribution >= 4 is 32.9 Å². The van der Waals surface area contributed by atoms with Crippen molar-refractivity contribution in [3.8, 4) is 5.75 Å². The molecule has 0 amide bonds. The van der Waals surface area contributed by atoms with Crippen LogP contribution in [0.4, 0.5) is 13.2 Å². The Bertz CT molecular complexity index is 1400. The van der Waals surface area contributed by atoms with E-state index in [1.54, 1.807) is 42.8 Å². The summed E-state index contributed by atoms with van der Waals surface area (Å²) in [6.07, 6.45) is 1.54. The van der Waals surface area contributed by atoms with Gasteiger partial charge >= 0.3 is 5.97 Å². The van der Waals surface area contributed by atoms with Crippen molar-refractivity contribution in [2.75, 3.05) is 0 Å². The highest BCUT2D eigenvalue weighted by Crippen LogP contribution is 2.24. The Morgan fingerprint density at radius 2 is 1.79 bits per heavy atom. The number of nitrogens with zero attached hydrogens (tertiary/aromatic N) is 3. The third-order valence-corrected chi connectivity index (χ3v) is 5.67. The molecule has 0 aliphatic rings. The summed E-state index contributed by atoms with van der Waals surface area (Å²) in [5.41, 5.74) is 1.66. The monoisotopic (exact) mass is 534 g/mol. The number of hydrogen-bond acceptors (Lipinski definition) is 4. The summed E-state index contributed by atoms with van der Waals surface area (Å²) in [5, 5.41) is 0. The standard InChI is InChI=1S/C24H20BrF3N3O3/c1-13-6-21(28)22(29-10-13)12-33-17-4-5-23-24(9-17)30(14(2)31(23)34-15(3)32)11-18-19(26)7-16(25)8-20(18)27/h4-10H,11-12H2,1-3H3/q+1. The predicted molar refractivity (Wildman–Crippen MR) is 121 cm³/mol. The van der Waals surface area contributed by atoms with E-state index in [2.05, 4.69) is 20.9 Å². The first-order valence-corrected chi connectivity index (χ1v) is 11.0. The fraction of sp³-hybridized carbons (Fsp3) is 0.208. The number of fused-ring (bicyclic) bond motifs is 1. The smallest absolute Gasteiger partial charge is 0.354 e. The minimum Gasteiger partial charge on any atom is -0.487 e. The molecule has 2 heterocycles. The van der Waals surface area contributed by atoms with Crippen molar-refractivity contribution in [2.24, 2.45) is 0 Å². The average molecular weight is 535 g/mol. The molecule has 0 aliphatic carbocycles. The molecule has 0 atom stereocenters. The number of carbonyl (C=O) groups excluding carboxylic acids is 1. The van der Waals surface area contributed by atoms with Crippen LogP contribution in [-0.4, -0.2) is 15.7 Å². The van der Waals surface area contributed by atoms with Crippen molar-refractivity contribution in [1.29, 1.82) is 0 Å². The number of carbonyl (C=O) groups is 1. The molecule has 2 aromatic heterocycles. The molecule has 0 aliphatic heterocycles. The SMILES string of the molecule is CC(=O)On1c(C)[n+](Cc2c(F)cc(Br)cc2F)c2cc(OCc3ncc(C)cc3F)ccc21. The van der Waals surface area contributed by atoms with Crippen molar-refractivity contribution in [1.82, 2.24) is 9.71 Å². The van der Waals surface area contributed by atoms with E-state index in [0.717, 1.165) is 0 Å². The maximum Gasteiger partial charge on any atom is 0.354 e. The van der Waals surface area contributed by atoms with Crippen molar-refractivity contribution < 1.29 is 32.1 Å². The molecule has 0 saturated heterocycles. The zero-order valence-electron chi connectivity index (χ0n) is 18.5. The van der Waals surface area contributed by atoms with Gasteiger partial charge < -0.3 is 4.74 Å². The molecule has 0 fully saturated rings. The van der Waals surface area contributed by atoms with Crippen LogP contribution in [0.15, 0.2) is 47.1 Å². The molecule has 10 heteroatoms. The van der Waals surface area contributed by atoms with Gasteiger partial charge in [-0.1, -0.05) is 15.9 Å². The van der Waals surface area contributed by atoms with Gasteiger partial charge in [-0.3, -0.25) is 9.82 Å². The molecular formula is C24H20BrF3N3O3+. The van der Waals surface area contributed by atoms with Crippen molar-refractivity contribution in [2.45, 2.75) is 33.9 Å². The average Bonchev–Trinajstić information content (AvgIpc) is 3.00. The lowest BCUT2D eigenvalue weighted by Crippen LogP contribution is -2.38. The highest BCUT2D eigenvalue weighted by Gasteiger charge is 2.27. The quantitative estimate of drug-likeness (QED) is 0.336.